The molecule has 0 spiro atoms. The molecule has 0 aliphatic rings. The third-order valence-electron chi connectivity index (χ3n) is 2.84. The number of nitrogens with two attached hydrogens (primary N) is 1. The normalized spacial score (nSPS) is 12.9. The maximum Gasteiger partial charge on any atom is 0.0950 e. The Morgan fingerprint density at radius 2 is 2.35 bits per heavy atom. The summed E-state index contributed by atoms with van der Waals surface area (Å²) in [5.41, 5.74) is 9.30. The molecule has 0 aromatic carbocycles. The highest BCUT2D eigenvalue weighted by molar-refractivity contribution is 9.10. The van der Waals surface area contributed by atoms with Crippen molar-refractivity contribution in [2.45, 2.75) is 32.9 Å². The number of hydrogen-bond donors (Lipinski definition) is 1. The Bertz CT molecular complexity index is 490. The van der Waals surface area contributed by atoms with Crippen LogP contribution in [-0.2, 0) is 13.0 Å². The molecule has 2 aromatic rings. The summed E-state index contributed by atoms with van der Waals surface area (Å²) in [6, 6.07) is 1.84. The zero-order valence-electron chi connectivity index (χ0n) is 9.98. The summed E-state index contributed by atoms with van der Waals surface area (Å²) in [4.78, 5) is 0. The highest BCUT2D eigenvalue weighted by Crippen LogP contribution is 2.25. The first-order valence-corrected chi connectivity index (χ1v) is 6.42. The van der Waals surface area contributed by atoms with E-state index in [1.165, 1.54) is 0 Å². The zero-order chi connectivity index (χ0) is 12.4. The summed E-state index contributed by atoms with van der Waals surface area (Å²) in [5.74, 6) is 0. The number of furan rings is 1. The van der Waals surface area contributed by atoms with Gasteiger partial charge < -0.3 is 10.2 Å². The van der Waals surface area contributed by atoms with Crippen LogP contribution in [0.1, 0.15) is 29.9 Å². The highest BCUT2D eigenvalue weighted by atomic mass is 79.9. The number of nitrogens with zero attached hydrogens (tertiary/aromatic N) is 2. The van der Waals surface area contributed by atoms with Gasteiger partial charge in [-0.1, -0.05) is 0 Å². The minimum absolute atomic E-state index is 0.0635. The largest absolute Gasteiger partial charge is 0.472 e. The van der Waals surface area contributed by atoms with E-state index in [2.05, 4.69) is 28.0 Å². The van der Waals surface area contributed by atoms with Crippen molar-refractivity contribution in [2.24, 2.45) is 5.73 Å². The summed E-state index contributed by atoms with van der Waals surface area (Å²) in [6.07, 6.45) is 4.08. The molecule has 0 fully saturated rings. The van der Waals surface area contributed by atoms with Gasteiger partial charge in [-0.3, -0.25) is 4.68 Å². The molecule has 0 amide bonds. The maximum atomic E-state index is 6.15. The molecule has 2 heterocycles. The molecule has 0 aliphatic heterocycles. The Hall–Kier alpha value is -1.07. The molecule has 0 saturated carbocycles. The van der Waals surface area contributed by atoms with Crippen molar-refractivity contribution >= 4 is 15.9 Å². The van der Waals surface area contributed by atoms with Crippen molar-refractivity contribution in [3.05, 3.63) is 40.0 Å². The van der Waals surface area contributed by atoms with Gasteiger partial charge in [0.15, 0.2) is 0 Å². The van der Waals surface area contributed by atoms with E-state index in [1.807, 2.05) is 17.7 Å². The van der Waals surface area contributed by atoms with Gasteiger partial charge in [-0.25, -0.2) is 0 Å². The predicted octanol–water partition coefficient (Wildman–Crippen LogP) is 2.81. The van der Waals surface area contributed by atoms with Crippen molar-refractivity contribution in [2.75, 3.05) is 0 Å². The fourth-order valence-corrected chi connectivity index (χ4v) is 2.32. The molecule has 2 rings (SSSR count). The quantitative estimate of drug-likeness (QED) is 0.944. The van der Waals surface area contributed by atoms with Crippen molar-refractivity contribution in [1.29, 1.82) is 0 Å². The van der Waals surface area contributed by atoms with Crippen LogP contribution in [0.2, 0.25) is 0 Å². The van der Waals surface area contributed by atoms with Crippen LogP contribution in [-0.4, -0.2) is 9.78 Å². The molecule has 2 N–H and O–H groups in total. The Morgan fingerprint density at radius 3 is 2.94 bits per heavy atom. The van der Waals surface area contributed by atoms with Gasteiger partial charge in [0.05, 0.1) is 28.4 Å². The minimum atomic E-state index is -0.0635. The lowest BCUT2D eigenvalue weighted by molar-refractivity contribution is 0.552. The van der Waals surface area contributed by atoms with E-state index in [1.54, 1.807) is 12.5 Å². The van der Waals surface area contributed by atoms with Crippen LogP contribution < -0.4 is 5.73 Å². The first-order chi connectivity index (χ1) is 8.13. The standard InChI is InChI=1S/C12H16BrN3O/c1-3-16-11(12(13)8(2)15-16)6-10(14)9-4-5-17-7-9/h4-5,7,10H,3,6,14H2,1-2H3. The first-order valence-electron chi connectivity index (χ1n) is 5.63. The summed E-state index contributed by atoms with van der Waals surface area (Å²) < 4.78 is 8.09. The third kappa shape index (κ3) is 2.45. The number of rotatable bonds is 4. The second-order valence-corrected chi connectivity index (χ2v) is 4.82. The van der Waals surface area contributed by atoms with Gasteiger partial charge in [-0.2, -0.15) is 5.10 Å². The van der Waals surface area contributed by atoms with Gasteiger partial charge in [-0.15, -0.1) is 0 Å². The molecule has 1 atom stereocenters. The molecule has 92 valence electrons. The third-order valence-corrected chi connectivity index (χ3v) is 3.87. The Labute approximate surface area is 109 Å². The molecule has 0 bridgehead atoms. The van der Waals surface area contributed by atoms with Crippen molar-refractivity contribution in [3.8, 4) is 0 Å². The van der Waals surface area contributed by atoms with Crippen LogP contribution >= 0.6 is 15.9 Å². The van der Waals surface area contributed by atoms with Gasteiger partial charge in [0, 0.05) is 24.6 Å². The molecule has 4 nitrogen and oxygen atoms in total. The number of halogens is 1. The van der Waals surface area contributed by atoms with Gasteiger partial charge in [-0.05, 0) is 35.8 Å². The van der Waals surface area contributed by atoms with Crippen molar-refractivity contribution in [3.63, 3.8) is 0 Å². The lowest BCUT2D eigenvalue weighted by atomic mass is 10.1. The zero-order valence-corrected chi connectivity index (χ0v) is 11.6. The molecule has 2 aromatic heterocycles. The molecule has 0 radical (unpaired) electrons. The Morgan fingerprint density at radius 1 is 1.59 bits per heavy atom. The van der Waals surface area contributed by atoms with Crippen molar-refractivity contribution < 1.29 is 4.42 Å². The van der Waals surface area contributed by atoms with E-state index in [4.69, 9.17) is 10.2 Å². The topological polar surface area (TPSA) is 57.0 Å². The molecular weight excluding hydrogens is 282 g/mol. The predicted molar refractivity (Wildman–Crippen MR) is 69.7 cm³/mol. The lowest BCUT2D eigenvalue weighted by Gasteiger charge is -2.11. The van der Waals surface area contributed by atoms with E-state index in [-0.39, 0.29) is 6.04 Å². The fraction of sp³-hybridized carbons (Fsp3) is 0.417. The van der Waals surface area contributed by atoms with Crippen molar-refractivity contribution in [1.82, 2.24) is 9.78 Å². The molecule has 1 unspecified atom stereocenters. The fourth-order valence-electron chi connectivity index (χ4n) is 1.88. The lowest BCUT2D eigenvalue weighted by Crippen LogP contribution is -2.15. The second kappa shape index (κ2) is 5.06. The highest BCUT2D eigenvalue weighted by Gasteiger charge is 2.16. The van der Waals surface area contributed by atoms with Crippen LogP contribution in [0.5, 0.6) is 0 Å². The van der Waals surface area contributed by atoms with E-state index >= 15 is 0 Å². The monoisotopic (exact) mass is 297 g/mol. The van der Waals surface area contributed by atoms with E-state index < -0.39 is 0 Å². The maximum absolute atomic E-state index is 6.15. The van der Waals surface area contributed by atoms with Crippen LogP contribution in [0.25, 0.3) is 0 Å². The smallest absolute Gasteiger partial charge is 0.0950 e. The second-order valence-electron chi connectivity index (χ2n) is 4.03. The van der Waals surface area contributed by atoms with E-state index in [9.17, 15) is 0 Å². The Kier molecular flexibility index (Phi) is 3.69. The number of aryl methyl sites for hydroxylation is 2. The van der Waals surface area contributed by atoms with Crippen LogP contribution in [0.3, 0.4) is 0 Å². The van der Waals surface area contributed by atoms with Crippen LogP contribution in [0, 0.1) is 6.92 Å². The molecule has 0 aliphatic carbocycles. The SMILES string of the molecule is CCn1nc(C)c(Br)c1CC(N)c1ccoc1. The van der Waals surface area contributed by atoms with Gasteiger partial charge in [0.1, 0.15) is 0 Å². The summed E-state index contributed by atoms with van der Waals surface area (Å²) in [7, 11) is 0. The summed E-state index contributed by atoms with van der Waals surface area (Å²) in [6.45, 7) is 4.91. The molecule has 0 saturated heterocycles. The van der Waals surface area contributed by atoms with Gasteiger partial charge >= 0.3 is 0 Å². The molecular formula is C12H16BrN3O. The van der Waals surface area contributed by atoms with Gasteiger partial charge in [0.2, 0.25) is 0 Å². The Balaban J connectivity index is 2.24. The number of hydrogen-bond acceptors (Lipinski definition) is 3. The van der Waals surface area contributed by atoms with E-state index in [0.717, 1.165) is 34.4 Å². The van der Waals surface area contributed by atoms with E-state index in [0.29, 0.717) is 0 Å². The van der Waals surface area contributed by atoms with Gasteiger partial charge in [0.25, 0.3) is 0 Å². The molecule has 17 heavy (non-hydrogen) atoms. The molecule has 5 heteroatoms. The first kappa shape index (κ1) is 12.4. The average Bonchev–Trinajstić information content (AvgIpc) is 2.92. The number of aromatic nitrogens is 2. The summed E-state index contributed by atoms with van der Waals surface area (Å²) in [5, 5.41) is 4.45. The average molecular weight is 298 g/mol. The van der Waals surface area contributed by atoms with Crippen LogP contribution in [0.4, 0.5) is 0 Å². The summed E-state index contributed by atoms with van der Waals surface area (Å²) >= 11 is 3.57. The van der Waals surface area contributed by atoms with Crippen LogP contribution in [0.15, 0.2) is 27.5 Å². The minimum Gasteiger partial charge on any atom is -0.472 e.